The van der Waals surface area contributed by atoms with Gasteiger partial charge in [-0.25, -0.2) is 0 Å². The van der Waals surface area contributed by atoms with Crippen molar-refractivity contribution in [3.63, 3.8) is 0 Å². The quantitative estimate of drug-likeness (QED) is 0.779. The average Bonchev–Trinajstić information content (AvgIpc) is 2.28. The number of carbonyl (C=O) groups excluding carboxylic acids is 1. The number of pyridine rings is 1. The summed E-state index contributed by atoms with van der Waals surface area (Å²) in [6.45, 7) is 6.46. The van der Waals surface area contributed by atoms with Gasteiger partial charge in [0.25, 0.3) is 0 Å². The number of nitrogens with two attached hydrogens (primary N) is 2. The highest BCUT2D eigenvalue weighted by atomic mass is 16.5. The number of primary amides is 1. The monoisotopic (exact) mass is 252 g/mol. The lowest BCUT2D eigenvalue weighted by Gasteiger charge is -2.21. The molecule has 0 aliphatic carbocycles. The Hall–Kier alpha value is -1.98. The van der Waals surface area contributed by atoms with E-state index in [4.69, 9.17) is 16.2 Å². The highest BCUT2D eigenvalue weighted by Crippen LogP contribution is 2.23. The molecule has 1 heterocycles. The van der Waals surface area contributed by atoms with E-state index < -0.39 is 5.91 Å². The Morgan fingerprint density at radius 1 is 1.50 bits per heavy atom. The van der Waals surface area contributed by atoms with Crippen molar-refractivity contribution < 1.29 is 9.53 Å². The van der Waals surface area contributed by atoms with Gasteiger partial charge in [0.15, 0.2) is 0 Å². The lowest BCUT2D eigenvalue weighted by Crippen LogP contribution is -2.34. The van der Waals surface area contributed by atoms with Crippen molar-refractivity contribution in [2.45, 2.75) is 26.9 Å². The third-order valence-electron chi connectivity index (χ3n) is 2.27. The van der Waals surface area contributed by atoms with Crippen LogP contribution in [-0.4, -0.2) is 30.1 Å². The summed E-state index contributed by atoms with van der Waals surface area (Å²) in [5.41, 5.74) is 11.4. The van der Waals surface area contributed by atoms with Gasteiger partial charge in [-0.1, -0.05) is 0 Å². The minimum atomic E-state index is -0.401. The number of nitrogens with zero attached hydrogens (tertiary/aromatic N) is 2. The second kappa shape index (κ2) is 6.09. The maximum absolute atomic E-state index is 11.0. The van der Waals surface area contributed by atoms with E-state index in [1.54, 1.807) is 17.0 Å². The molecule has 6 heteroatoms. The molecule has 0 radical (unpaired) electrons. The van der Waals surface area contributed by atoms with Crippen molar-refractivity contribution in [2.75, 3.05) is 23.7 Å². The summed E-state index contributed by atoms with van der Waals surface area (Å²) in [7, 11) is 0. The van der Waals surface area contributed by atoms with Gasteiger partial charge in [0, 0.05) is 6.54 Å². The smallest absolute Gasteiger partial charge is 0.239 e. The maximum Gasteiger partial charge on any atom is 0.239 e. The van der Waals surface area contributed by atoms with Crippen LogP contribution in [0.15, 0.2) is 12.1 Å². The van der Waals surface area contributed by atoms with Crippen molar-refractivity contribution in [3.05, 3.63) is 12.1 Å². The Kier molecular flexibility index (Phi) is 4.76. The molecule has 18 heavy (non-hydrogen) atoms. The molecular weight excluding hydrogens is 232 g/mol. The molecule has 1 amide bonds. The largest absolute Gasteiger partial charge is 0.473 e. The fourth-order valence-corrected chi connectivity index (χ4v) is 1.48. The van der Waals surface area contributed by atoms with Crippen LogP contribution in [0.5, 0.6) is 5.88 Å². The molecule has 0 aliphatic heterocycles. The third kappa shape index (κ3) is 3.80. The summed E-state index contributed by atoms with van der Waals surface area (Å²) in [4.78, 5) is 17.0. The van der Waals surface area contributed by atoms with E-state index in [1.807, 2.05) is 20.8 Å². The second-order valence-corrected chi connectivity index (χ2v) is 4.21. The zero-order chi connectivity index (χ0) is 13.7. The fraction of sp³-hybridized carbons (Fsp3) is 0.500. The molecule has 0 spiro atoms. The van der Waals surface area contributed by atoms with Crippen LogP contribution in [0.25, 0.3) is 0 Å². The van der Waals surface area contributed by atoms with Gasteiger partial charge in [0.1, 0.15) is 5.82 Å². The first-order valence-electron chi connectivity index (χ1n) is 5.90. The van der Waals surface area contributed by atoms with Gasteiger partial charge in [0.05, 0.1) is 18.3 Å². The SMILES string of the molecule is CCN(CC(N)=O)c1ccc(N)c(OC(C)C)n1. The normalized spacial score (nSPS) is 10.4. The van der Waals surface area contributed by atoms with E-state index in [9.17, 15) is 4.79 Å². The molecular formula is C12H20N4O2. The number of nitrogen functional groups attached to an aromatic ring is 1. The number of hydrogen-bond acceptors (Lipinski definition) is 5. The van der Waals surface area contributed by atoms with Gasteiger partial charge in [-0.3, -0.25) is 4.79 Å². The number of aromatic nitrogens is 1. The third-order valence-corrected chi connectivity index (χ3v) is 2.27. The second-order valence-electron chi connectivity index (χ2n) is 4.21. The Morgan fingerprint density at radius 3 is 2.67 bits per heavy atom. The Balaban J connectivity index is 2.98. The topological polar surface area (TPSA) is 94.5 Å². The molecule has 0 bridgehead atoms. The fourth-order valence-electron chi connectivity index (χ4n) is 1.48. The summed E-state index contributed by atoms with van der Waals surface area (Å²) < 4.78 is 5.51. The zero-order valence-electron chi connectivity index (χ0n) is 11.0. The lowest BCUT2D eigenvalue weighted by molar-refractivity contribution is -0.116. The Bertz CT molecular complexity index is 421. The van der Waals surface area contributed by atoms with Crippen molar-refractivity contribution in [2.24, 2.45) is 5.73 Å². The van der Waals surface area contributed by atoms with Crippen LogP contribution in [0.1, 0.15) is 20.8 Å². The highest BCUT2D eigenvalue weighted by molar-refractivity contribution is 5.79. The van der Waals surface area contributed by atoms with Crippen LogP contribution in [0.4, 0.5) is 11.5 Å². The molecule has 0 aromatic carbocycles. The molecule has 4 N–H and O–H groups in total. The van der Waals surface area contributed by atoms with Crippen molar-refractivity contribution in [1.82, 2.24) is 4.98 Å². The van der Waals surface area contributed by atoms with Crippen LogP contribution in [-0.2, 0) is 4.79 Å². The number of anilines is 2. The zero-order valence-corrected chi connectivity index (χ0v) is 11.0. The first kappa shape index (κ1) is 14.1. The van der Waals surface area contributed by atoms with E-state index in [2.05, 4.69) is 4.98 Å². The lowest BCUT2D eigenvalue weighted by atomic mass is 10.3. The van der Waals surface area contributed by atoms with Crippen molar-refractivity contribution in [1.29, 1.82) is 0 Å². The molecule has 1 aromatic rings. The van der Waals surface area contributed by atoms with Gasteiger partial charge in [-0.15, -0.1) is 0 Å². The van der Waals surface area contributed by atoms with Crippen molar-refractivity contribution >= 4 is 17.4 Å². The summed E-state index contributed by atoms with van der Waals surface area (Å²) in [6, 6.07) is 3.46. The first-order valence-corrected chi connectivity index (χ1v) is 5.90. The molecule has 0 atom stereocenters. The summed E-state index contributed by atoms with van der Waals surface area (Å²) >= 11 is 0. The highest BCUT2D eigenvalue weighted by Gasteiger charge is 2.12. The van der Waals surface area contributed by atoms with E-state index in [0.29, 0.717) is 23.9 Å². The summed E-state index contributed by atoms with van der Waals surface area (Å²) in [5.74, 6) is 0.605. The molecule has 1 aromatic heterocycles. The molecule has 100 valence electrons. The molecule has 0 aliphatic rings. The molecule has 0 saturated carbocycles. The predicted octanol–water partition coefficient (Wildman–Crippen LogP) is 0.763. The minimum absolute atomic E-state index is 0.0127. The minimum Gasteiger partial charge on any atom is -0.473 e. The van der Waals surface area contributed by atoms with Crippen LogP contribution in [0.2, 0.25) is 0 Å². The first-order chi connectivity index (χ1) is 8.43. The standard InChI is InChI=1S/C12H20N4O2/c1-4-16(7-10(14)17)11-6-5-9(13)12(15-11)18-8(2)3/h5-6,8H,4,7,13H2,1-3H3,(H2,14,17). The van der Waals surface area contributed by atoms with Gasteiger partial charge in [-0.05, 0) is 32.9 Å². The van der Waals surface area contributed by atoms with Crippen LogP contribution in [0, 0.1) is 0 Å². The number of amides is 1. The van der Waals surface area contributed by atoms with Crippen LogP contribution >= 0.6 is 0 Å². The van der Waals surface area contributed by atoms with Crippen LogP contribution < -0.4 is 21.1 Å². The number of hydrogen-bond donors (Lipinski definition) is 2. The van der Waals surface area contributed by atoms with E-state index in [0.717, 1.165) is 0 Å². The Morgan fingerprint density at radius 2 is 2.17 bits per heavy atom. The number of likely N-dealkylation sites (N-methyl/N-ethyl adjacent to an activating group) is 1. The van der Waals surface area contributed by atoms with Crippen molar-refractivity contribution in [3.8, 4) is 5.88 Å². The van der Waals surface area contributed by atoms with Gasteiger partial charge >= 0.3 is 0 Å². The van der Waals surface area contributed by atoms with E-state index >= 15 is 0 Å². The molecule has 6 nitrogen and oxygen atoms in total. The number of ether oxygens (including phenoxy) is 1. The molecule has 0 saturated heterocycles. The number of carbonyl (C=O) groups is 1. The average molecular weight is 252 g/mol. The maximum atomic E-state index is 11.0. The van der Waals surface area contributed by atoms with Crippen LogP contribution in [0.3, 0.4) is 0 Å². The molecule has 1 rings (SSSR count). The number of rotatable bonds is 6. The summed E-state index contributed by atoms with van der Waals surface area (Å²) in [6.07, 6.45) is -0.0127. The Labute approximate surface area is 107 Å². The van der Waals surface area contributed by atoms with E-state index in [-0.39, 0.29) is 12.6 Å². The van der Waals surface area contributed by atoms with Gasteiger partial charge < -0.3 is 21.1 Å². The van der Waals surface area contributed by atoms with E-state index in [1.165, 1.54) is 0 Å². The predicted molar refractivity (Wildman–Crippen MR) is 71.5 cm³/mol. The molecule has 0 fully saturated rings. The summed E-state index contributed by atoms with van der Waals surface area (Å²) in [5, 5.41) is 0. The van der Waals surface area contributed by atoms with Gasteiger partial charge in [-0.2, -0.15) is 4.98 Å². The molecule has 0 unspecified atom stereocenters. The van der Waals surface area contributed by atoms with Gasteiger partial charge in [0.2, 0.25) is 11.8 Å².